The zero-order chi connectivity index (χ0) is 19.3. The number of anilines is 2. The second-order valence-electron chi connectivity index (χ2n) is 5.68. The van der Waals surface area contributed by atoms with Crippen molar-refractivity contribution in [3.8, 4) is 0 Å². The Morgan fingerprint density at radius 2 is 1.65 bits per heavy atom. The number of amides is 2. The number of rotatable bonds is 5. The highest BCUT2D eigenvalue weighted by Crippen LogP contribution is 2.36. The van der Waals surface area contributed by atoms with E-state index in [0.29, 0.717) is 12.1 Å². The molecule has 0 bridgehead atoms. The summed E-state index contributed by atoms with van der Waals surface area (Å²) in [6.07, 6.45) is -3.95. The molecule has 1 N–H and O–H groups in total. The molecule has 0 aliphatic carbocycles. The Morgan fingerprint density at radius 3 is 2.27 bits per heavy atom. The van der Waals surface area contributed by atoms with Gasteiger partial charge in [-0.2, -0.15) is 13.2 Å². The summed E-state index contributed by atoms with van der Waals surface area (Å²) in [5, 5.41) is 2.66. The van der Waals surface area contributed by atoms with Gasteiger partial charge in [-0.15, -0.1) is 0 Å². The van der Waals surface area contributed by atoms with Crippen LogP contribution in [-0.4, -0.2) is 18.4 Å². The lowest BCUT2D eigenvalue weighted by Gasteiger charge is -2.24. The van der Waals surface area contributed by atoms with E-state index in [1.807, 2.05) is 19.1 Å². The number of nitrogens with zero attached hydrogens (tertiary/aromatic N) is 1. The first-order valence-electron chi connectivity index (χ1n) is 8.06. The van der Waals surface area contributed by atoms with Gasteiger partial charge in [0.25, 0.3) is 0 Å². The van der Waals surface area contributed by atoms with Crippen molar-refractivity contribution in [2.75, 3.05) is 16.8 Å². The van der Waals surface area contributed by atoms with Crippen LogP contribution in [-0.2, 0) is 22.2 Å². The van der Waals surface area contributed by atoms with Gasteiger partial charge in [0.1, 0.15) is 6.54 Å². The van der Waals surface area contributed by atoms with Gasteiger partial charge in [-0.1, -0.05) is 37.3 Å². The molecule has 2 rings (SSSR count). The third-order valence-electron chi connectivity index (χ3n) is 3.85. The molecule has 0 aliphatic heterocycles. The molecule has 7 heteroatoms. The average molecular weight is 364 g/mol. The summed E-state index contributed by atoms with van der Waals surface area (Å²) in [7, 11) is 0. The predicted octanol–water partition coefficient (Wildman–Crippen LogP) is 4.26. The van der Waals surface area contributed by atoms with Crippen LogP contribution >= 0.6 is 0 Å². The summed E-state index contributed by atoms with van der Waals surface area (Å²) in [6.45, 7) is 2.54. The van der Waals surface area contributed by atoms with Crippen molar-refractivity contribution in [1.29, 1.82) is 0 Å². The summed E-state index contributed by atoms with van der Waals surface area (Å²) >= 11 is 0. The van der Waals surface area contributed by atoms with Crippen molar-refractivity contribution in [2.45, 2.75) is 26.4 Å². The molecule has 2 aromatic carbocycles. The maximum Gasteiger partial charge on any atom is 0.418 e. The molecule has 0 radical (unpaired) electrons. The molecule has 0 saturated carbocycles. The summed E-state index contributed by atoms with van der Waals surface area (Å²) in [5.41, 5.74) is 0.168. The monoisotopic (exact) mass is 364 g/mol. The number of carbonyl (C=O) groups excluding carboxylic acids is 2. The third-order valence-corrected chi connectivity index (χ3v) is 3.85. The molecule has 0 heterocycles. The van der Waals surface area contributed by atoms with Crippen molar-refractivity contribution in [1.82, 2.24) is 0 Å². The van der Waals surface area contributed by atoms with Gasteiger partial charge >= 0.3 is 6.18 Å². The molecule has 2 aromatic rings. The van der Waals surface area contributed by atoms with Gasteiger partial charge in [-0.25, -0.2) is 0 Å². The lowest BCUT2D eigenvalue weighted by molar-refractivity contribution is -0.137. The van der Waals surface area contributed by atoms with Crippen molar-refractivity contribution >= 4 is 23.2 Å². The van der Waals surface area contributed by atoms with E-state index < -0.39 is 30.1 Å². The van der Waals surface area contributed by atoms with E-state index in [0.717, 1.165) is 23.5 Å². The topological polar surface area (TPSA) is 49.4 Å². The Labute approximate surface area is 149 Å². The van der Waals surface area contributed by atoms with Crippen LogP contribution in [0.5, 0.6) is 0 Å². The van der Waals surface area contributed by atoms with Gasteiger partial charge < -0.3 is 10.2 Å². The van der Waals surface area contributed by atoms with Crippen molar-refractivity contribution in [3.63, 3.8) is 0 Å². The smallest absolute Gasteiger partial charge is 0.324 e. The molecule has 138 valence electrons. The van der Waals surface area contributed by atoms with Crippen molar-refractivity contribution in [2.24, 2.45) is 0 Å². The van der Waals surface area contributed by atoms with Gasteiger partial charge in [-0.05, 0) is 30.2 Å². The average Bonchev–Trinajstić information content (AvgIpc) is 2.59. The lowest BCUT2D eigenvalue weighted by atomic mass is 10.1. The molecular formula is C19H19F3N2O2. The van der Waals surface area contributed by atoms with Gasteiger partial charge in [-0.3, -0.25) is 9.59 Å². The first-order chi connectivity index (χ1) is 12.2. The zero-order valence-corrected chi connectivity index (χ0v) is 14.4. The Bertz CT molecular complexity index is 803. The molecule has 0 saturated heterocycles. The maximum atomic E-state index is 13.2. The number of benzene rings is 2. The number of aryl methyl sites for hydroxylation is 1. The zero-order valence-electron chi connectivity index (χ0n) is 14.4. The number of carbonyl (C=O) groups is 2. The van der Waals surface area contributed by atoms with E-state index in [-0.39, 0.29) is 5.69 Å². The summed E-state index contributed by atoms with van der Waals surface area (Å²) in [6, 6.07) is 11.8. The Kier molecular flexibility index (Phi) is 6.02. The highest BCUT2D eigenvalue weighted by molar-refractivity contribution is 6.02. The number of hydrogen-bond acceptors (Lipinski definition) is 2. The van der Waals surface area contributed by atoms with E-state index in [9.17, 15) is 22.8 Å². The standard InChI is InChI=1S/C19H19F3N2O2/c1-3-14-8-4-6-10-16(14)23-18(26)12-24(13(2)25)17-11-7-5-9-15(17)19(20,21)22/h4-11H,3,12H2,1-2H3,(H,23,26). The largest absolute Gasteiger partial charge is 0.418 e. The molecule has 0 aliphatic rings. The highest BCUT2D eigenvalue weighted by Gasteiger charge is 2.35. The van der Waals surface area contributed by atoms with E-state index in [2.05, 4.69) is 5.32 Å². The fraction of sp³-hybridized carbons (Fsp3) is 0.263. The summed E-state index contributed by atoms with van der Waals surface area (Å²) < 4.78 is 39.6. The van der Waals surface area contributed by atoms with Crippen LogP contribution < -0.4 is 10.2 Å². The summed E-state index contributed by atoms with van der Waals surface area (Å²) in [5.74, 6) is -1.22. The highest BCUT2D eigenvalue weighted by atomic mass is 19.4. The number of para-hydroxylation sites is 2. The molecular weight excluding hydrogens is 345 g/mol. The number of alkyl halides is 3. The molecule has 0 atom stereocenters. The minimum atomic E-state index is -4.63. The normalized spacial score (nSPS) is 11.1. The van der Waals surface area contributed by atoms with E-state index in [1.54, 1.807) is 12.1 Å². The molecule has 4 nitrogen and oxygen atoms in total. The molecule has 0 fully saturated rings. The third kappa shape index (κ3) is 4.62. The minimum Gasteiger partial charge on any atom is -0.324 e. The fourth-order valence-corrected chi connectivity index (χ4v) is 2.60. The molecule has 0 aromatic heterocycles. The van der Waals surface area contributed by atoms with Crippen LogP contribution in [0.25, 0.3) is 0 Å². The number of halogens is 3. The SMILES string of the molecule is CCc1ccccc1NC(=O)CN(C(C)=O)c1ccccc1C(F)(F)F. The lowest BCUT2D eigenvalue weighted by Crippen LogP contribution is -2.38. The van der Waals surface area contributed by atoms with Crippen molar-refractivity contribution < 1.29 is 22.8 Å². The number of nitrogens with one attached hydrogen (secondary N) is 1. The Balaban J connectivity index is 2.27. The van der Waals surface area contributed by atoms with Crippen LogP contribution in [0.2, 0.25) is 0 Å². The van der Waals surface area contributed by atoms with Crippen LogP contribution in [0.15, 0.2) is 48.5 Å². The Morgan fingerprint density at radius 1 is 1.04 bits per heavy atom. The first kappa shape index (κ1) is 19.5. The number of hydrogen-bond donors (Lipinski definition) is 1. The second kappa shape index (κ2) is 8.03. The van der Waals surface area contributed by atoms with Crippen LogP contribution in [0, 0.1) is 0 Å². The van der Waals surface area contributed by atoms with Crippen LogP contribution in [0.4, 0.5) is 24.5 Å². The maximum absolute atomic E-state index is 13.2. The van der Waals surface area contributed by atoms with Gasteiger partial charge in [0.2, 0.25) is 11.8 Å². The minimum absolute atomic E-state index is 0.341. The Hall–Kier alpha value is -2.83. The summed E-state index contributed by atoms with van der Waals surface area (Å²) in [4.78, 5) is 25.1. The van der Waals surface area contributed by atoms with E-state index in [1.165, 1.54) is 18.2 Å². The predicted molar refractivity (Wildman–Crippen MR) is 93.9 cm³/mol. The van der Waals surface area contributed by atoms with Crippen molar-refractivity contribution in [3.05, 3.63) is 59.7 Å². The first-order valence-corrected chi connectivity index (χ1v) is 8.06. The van der Waals surface area contributed by atoms with E-state index in [4.69, 9.17) is 0 Å². The molecule has 0 spiro atoms. The van der Waals surface area contributed by atoms with Gasteiger partial charge in [0, 0.05) is 12.6 Å². The van der Waals surface area contributed by atoms with Gasteiger partial charge in [0.15, 0.2) is 0 Å². The van der Waals surface area contributed by atoms with Gasteiger partial charge in [0.05, 0.1) is 11.3 Å². The molecule has 2 amide bonds. The van der Waals surface area contributed by atoms with E-state index >= 15 is 0 Å². The second-order valence-corrected chi connectivity index (χ2v) is 5.68. The van der Waals surface area contributed by atoms with Crippen LogP contribution in [0.3, 0.4) is 0 Å². The fourth-order valence-electron chi connectivity index (χ4n) is 2.60. The quantitative estimate of drug-likeness (QED) is 0.862. The van der Waals surface area contributed by atoms with Crippen LogP contribution in [0.1, 0.15) is 25.0 Å². The molecule has 0 unspecified atom stereocenters. The molecule has 26 heavy (non-hydrogen) atoms.